The predicted octanol–water partition coefficient (Wildman–Crippen LogP) is 3.57. The molecule has 0 unspecified atom stereocenters. The zero-order chi connectivity index (χ0) is 18.5. The van der Waals surface area contributed by atoms with Crippen LogP contribution in [-0.4, -0.2) is 15.9 Å². The van der Waals surface area contributed by atoms with Crippen molar-refractivity contribution in [1.82, 2.24) is 15.3 Å². The zero-order valence-electron chi connectivity index (χ0n) is 13.3. The Bertz CT molecular complexity index is 915. The third-order valence-corrected chi connectivity index (χ3v) is 3.46. The number of nitrogens with zero attached hydrogens (tertiary/aromatic N) is 2. The summed E-state index contributed by atoms with van der Waals surface area (Å²) in [4.78, 5) is 20.0. The van der Waals surface area contributed by atoms with Gasteiger partial charge in [-0.25, -0.2) is 23.1 Å². The summed E-state index contributed by atoms with van der Waals surface area (Å²) in [6.07, 6.45) is 2.60. The van der Waals surface area contributed by atoms with Crippen molar-refractivity contribution in [3.63, 3.8) is 0 Å². The molecule has 1 amide bonds. The van der Waals surface area contributed by atoms with E-state index >= 15 is 0 Å². The minimum atomic E-state index is -0.994. The molecule has 26 heavy (non-hydrogen) atoms. The molecule has 5 nitrogen and oxygen atoms in total. The number of aromatic nitrogens is 2. The Morgan fingerprint density at radius 2 is 1.62 bits per heavy atom. The van der Waals surface area contributed by atoms with Crippen LogP contribution < -0.4 is 10.6 Å². The van der Waals surface area contributed by atoms with Crippen molar-refractivity contribution >= 4 is 17.5 Å². The van der Waals surface area contributed by atoms with Gasteiger partial charge >= 0.3 is 0 Å². The highest BCUT2D eigenvalue weighted by atomic mass is 19.2. The zero-order valence-corrected chi connectivity index (χ0v) is 13.3. The van der Waals surface area contributed by atoms with Gasteiger partial charge in [-0.1, -0.05) is 12.1 Å². The summed E-state index contributed by atoms with van der Waals surface area (Å²) >= 11 is 0. The predicted molar refractivity (Wildman–Crippen MR) is 89.2 cm³/mol. The van der Waals surface area contributed by atoms with E-state index in [1.807, 2.05) is 0 Å². The Morgan fingerprint density at radius 3 is 2.27 bits per heavy atom. The van der Waals surface area contributed by atoms with Crippen LogP contribution in [-0.2, 0) is 6.54 Å². The Morgan fingerprint density at radius 1 is 0.923 bits per heavy atom. The van der Waals surface area contributed by atoms with Crippen LogP contribution in [0.3, 0.4) is 0 Å². The number of halogens is 3. The van der Waals surface area contributed by atoms with Gasteiger partial charge < -0.3 is 10.6 Å². The number of carbonyl (C=O) groups is 1. The lowest BCUT2D eigenvalue weighted by atomic mass is 10.2. The maximum absolute atomic E-state index is 13.2. The standard InChI is InChI=1S/C18H13F3N4O/c19-13-3-1-11(2-4-13)8-22-17(26)12-9-23-18(24-10-12)25-14-5-6-15(20)16(21)7-14/h1-7,9-10H,8H2,(H,22,26)(H,23,24,25). The number of rotatable bonds is 5. The van der Waals surface area contributed by atoms with Crippen LogP contribution in [0.2, 0.25) is 0 Å². The number of nitrogens with one attached hydrogen (secondary N) is 2. The smallest absolute Gasteiger partial charge is 0.254 e. The summed E-state index contributed by atoms with van der Waals surface area (Å²) in [7, 11) is 0. The molecule has 0 bridgehead atoms. The van der Waals surface area contributed by atoms with Gasteiger partial charge in [-0.3, -0.25) is 4.79 Å². The van der Waals surface area contributed by atoms with Gasteiger partial charge in [0.25, 0.3) is 5.91 Å². The molecule has 1 heterocycles. The van der Waals surface area contributed by atoms with Crippen LogP contribution in [0.15, 0.2) is 54.9 Å². The van der Waals surface area contributed by atoms with Gasteiger partial charge in [0.1, 0.15) is 5.82 Å². The molecule has 3 rings (SSSR count). The van der Waals surface area contributed by atoms with E-state index in [1.165, 1.54) is 30.6 Å². The average Bonchev–Trinajstić information content (AvgIpc) is 2.65. The summed E-state index contributed by atoms with van der Waals surface area (Å²) in [6.45, 7) is 0.230. The fourth-order valence-corrected chi connectivity index (χ4v) is 2.10. The molecule has 0 saturated carbocycles. The highest BCUT2D eigenvalue weighted by molar-refractivity contribution is 5.93. The van der Waals surface area contributed by atoms with Gasteiger partial charge in [-0.2, -0.15) is 0 Å². The van der Waals surface area contributed by atoms with E-state index < -0.39 is 17.5 Å². The minimum absolute atomic E-state index is 0.131. The van der Waals surface area contributed by atoms with E-state index in [4.69, 9.17) is 0 Å². The SMILES string of the molecule is O=C(NCc1ccc(F)cc1)c1cnc(Nc2ccc(F)c(F)c2)nc1. The molecule has 0 aliphatic rings. The van der Waals surface area contributed by atoms with Crippen molar-refractivity contribution in [2.45, 2.75) is 6.54 Å². The second-order valence-corrected chi connectivity index (χ2v) is 5.36. The summed E-state index contributed by atoms with van der Waals surface area (Å²) in [5, 5.41) is 5.37. The third-order valence-electron chi connectivity index (χ3n) is 3.46. The van der Waals surface area contributed by atoms with Crippen LogP contribution in [0, 0.1) is 17.5 Å². The molecule has 0 saturated heterocycles. The number of hydrogen-bond acceptors (Lipinski definition) is 4. The van der Waals surface area contributed by atoms with Crippen molar-refractivity contribution in [2.75, 3.05) is 5.32 Å². The highest BCUT2D eigenvalue weighted by Crippen LogP contribution is 2.16. The molecule has 0 atom stereocenters. The minimum Gasteiger partial charge on any atom is -0.348 e. The fraction of sp³-hybridized carbons (Fsp3) is 0.0556. The first-order valence-corrected chi connectivity index (χ1v) is 7.58. The molecule has 2 aromatic carbocycles. The Kier molecular flexibility index (Phi) is 5.12. The summed E-state index contributed by atoms with van der Waals surface area (Å²) in [5.74, 6) is -2.56. The molecule has 0 aliphatic heterocycles. The van der Waals surface area contributed by atoms with E-state index in [0.29, 0.717) is 0 Å². The molecule has 0 fully saturated rings. The molecular formula is C18H13F3N4O. The second-order valence-electron chi connectivity index (χ2n) is 5.36. The Hall–Kier alpha value is -3.42. The molecule has 1 aromatic heterocycles. The molecular weight excluding hydrogens is 345 g/mol. The van der Waals surface area contributed by atoms with Gasteiger partial charge in [0, 0.05) is 30.7 Å². The fourth-order valence-electron chi connectivity index (χ4n) is 2.10. The molecule has 132 valence electrons. The normalized spacial score (nSPS) is 10.4. The monoisotopic (exact) mass is 358 g/mol. The number of amides is 1. The first-order chi connectivity index (χ1) is 12.5. The van der Waals surface area contributed by atoms with Crippen LogP contribution >= 0.6 is 0 Å². The highest BCUT2D eigenvalue weighted by Gasteiger charge is 2.08. The molecule has 0 radical (unpaired) electrons. The third kappa shape index (κ3) is 4.35. The van der Waals surface area contributed by atoms with Gasteiger partial charge in [-0.15, -0.1) is 0 Å². The van der Waals surface area contributed by atoms with Crippen molar-refractivity contribution in [3.05, 3.63) is 83.4 Å². The molecule has 2 N–H and O–H groups in total. The largest absolute Gasteiger partial charge is 0.348 e. The number of hydrogen-bond donors (Lipinski definition) is 2. The maximum Gasteiger partial charge on any atom is 0.254 e. The van der Waals surface area contributed by atoms with Crippen molar-refractivity contribution in [2.24, 2.45) is 0 Å². The van der Waals surface area contributed by atoms with Crippen molar-refractivity contribution < 1.29 is 18.0 Å². The molecule has 0 spiro atoms. The quantitative estimate of drug-likeness (QED) is 0.732. The van der Waals surface area contributed by atoms with E-state index in [1.54, 1.807) is 12.1 Å². The summed E-state index contributed by atoms with van der Waals surface area (Å²) in [5.41, 5.74) is 1.25. The lowest BCUT2D eigenvalue weighted by Gasteiger charge is -2.07. The van der Waals surface area contributed by atoms with Crippen molar-refractivity contribution in [3.8, 4) is 0 Å². The lowest BCUT2D eigenvalue weighted by Crippen LogP contribution is -2.23. The summed E-state index contributed by atoms with van der Waals surface area (Å²) < 4.78 is 38.9. The Labute approximate surface area is 146 Å². The number of carbonyl (C=O) groups excluding carboxylic acids is 1. The van der Waals surface area contributed by atoms with Gasteiger partial charge in [-0.05, 0) is 29.8 Å². The Balaban J connectivity index is 1.60. The van der Waals surface area contributed by atoms with Gasteiger partial charge in [0.15, 0.2) is 11.6 Å². The van der Waals surface area contributed by atoms with E-state index in [9.17, 15) is 18.0 Å². The van der Waals surface area contributed by atoms with Crippen LogP contribution in [0.4, 0.5) is 24.8 Å². The number of anilines is 2. The molecule has 8 heteroatoms. The van der Waals surface area contributed by atoms with Crippen LogP contribution in [0.5, 0.6) is 0 Å². The van der Waals surface area contributed by atoms with Crippen molar-refractivity contribution in [1.29, 1.82) is 0 Å². The first kappa shape index (κ1) is 17.4. The van der Waals surface area contributed by atoms with E-state index in [2.05, 4.69) is 20.6 Å². The molecule has 3 aromatic rings. The second kappa shape index (κ2) is 7.64. The average molecular weight is 358 g/mol. The van der Waals surface area contributed by atoms with E-state index in [0.717, 1.165) is 17.7 Å². The maximum atomic E-state index is 13.2. The van der Waals surface area contributed by atoms with Gasteiger partial charge in [0.05, 0.1) is 5.56 Å². The van der Waals surface area contributed by atoms with Gasteiger partial charge in [0.2, 0.25) is 5.95 Å². The lowest BCUT2D eigenvalue weighted by molar-refractivity contribution is 0.0950. The molecule has 0 aliphatic carbocycles. The van der Waals surface area contributed by atoms with Crippen LogP contribution in [0.1, 0.15) is 15.9 Å². The first-order valence-electron chi connectivity index (χ1n) is 7.58. The number of benzene rings is 2. The summed E-state index contributed by atoms with van der Waals surface area (Å²) in [6, 6.07) is 9.05. The topological polar surface area (TPSA) is 66.9 Å². The van der Waals surface area contributed by atoms with Crippen LogP contribution in [0.25, 0.3) is 0 Å². The van der Waals surface area contributed by atoms with E-state index in [-0.39, 0.29) is 29.6 Å².